The van der Waals surface area contributed by atoms with Crippen molar-refractivity contribution in [3.05, 3.63) is 97.0 Å². The van der Waals surface area contributed by atoms with Crippen molar-refractivity contribution in [3.8, 4) is 17.2 Å². The van der Waals surface area contributed by atoms with E-state index < -0.39 is 17.1 Å². The lowest BCUT2D eigenvalue weighted by Crippen LogP contribution is -2.71. The van der Waals surface area contributed by atoms with Crippen molar-refractivity contribution in [1.82, 2.24) is 9.80 Å². The molecule has 0 N–H and O–H groups in total. The number of unbranched alkanes of at least 4 members (excludes halogenated alkanes) is 2. The average molecular weight is 841 g/mol. The topological polar surface area (TPSA) is 130 Å². The monoisotopic (exact) mass is 839 g/mol. The van der Waals surface area contributed by atoms with E-state index in [2.05, 4.69) is 30.0 Å². The molecule has 1 saturated heterocycles. The molecule has 3 aromatic rings. The second kappa shape index (κ2) is 19.6. The number of hydrogen-bond acceptors (Lipinski definition) is 9. The first-order chi connectivity index (χ1) is 28.0. The fourth-order valence-corrected chi connectivity index (χ4v) is 10.2. The Morgan fingerprint density at radius 2 is 1.64 bits per heavy atom. The van der Waals surface area contributed by atoms with Gasteiger partial charge in [-0.2, -0.15) is 0 Å². The molecule has 58 heavy (non-hydrogen) atoms. The highest BCUT2D eigenvalue weighted by atomic mass is 35.5. The molecule has 2 saturated carbocycles. The number of amides is 2. The number of methoxy groups -OCH3 is 1. The molecule has 14 heteroatoms. The second-order valence-corrected chi connectivity index (χ2v) is 16.6. The standard InChI is InChI=1S/C44H55Cl2N3O9/c1-5-19-47(28-31-12-17-37(54-4)30(3)26-31)42(50)39-34(27-44-18-10-11-38(44)48(41(39)44)43(51)57-22-8-9-23-58-49(52)53)32-13-15-33(16-14-32)55-20-6-7-21-56-40-35(45)24-29(2)25-36(40)46/h12-17,24-26,34,38-39,41H,5-11,18-23,27-28H2,1-4H3. The maximum atomic E-state index is 15.1. The van der Waals surface area contributed by atoms with Crippen LogP contribution in [0.3, 0.4) is 0 Å². The maximum absolute atomic E-state index is 15.1. The van der Waals surface area contributed by atoms with Crippen LogP contribution in [-0.4, -0.2) is 79.1 Å². The van der Waals surface area contributed by atoms with Crippen LogP contribution in [-0.2, 0) is 20.9 Å². The Labute approximate surface area is 351 Å². The predicted molar refractivity (Wildman–Crippen MR) is 221 cm³/mol. The summed E-state index contributed by atoms with van der Waals surface area (Å²) in [5.74, 6) is 1.50. The van der Waals surface area contributed by atoms with E-state index in [1.165, 1.54) is 0 Å². The molecule has 5 atom stereocenters. The number of aryl methyl sites for hydroxylation is 2. The minimum absolute atomic E-state index is 0.00312. The zero-order valence-corrected chi connectivity index (χ0v) is 35.4. The maximum Gasteiger partial charge on any atom is 0.410 e. The normalized spacial score (nSPS) is 21.7. The first-order valence-electron chi connectivity index (χ1n) is 20.4. The zero-order chi connectivity index (χ0) is 41.4. The third-order valence-electron chi connectivity index (χ3n) is 12.0. The van der Waals surface area contributed by atoms with Crippen LogP contribution in [0.2, 0.25) is 10.0 Å². The average Bonchev–Trinajstić information content (AvgIpc) is 3.68. The Morgan fingerprint density at radius 3 is 2.31 bits per heavy atom. The van der Waals surface area contributed by atoms with Crippen molar-refractivity contribution < 1.29 is 38.5 Å². The fraction of sp³-hybridized carbons (Fsp3) is 0.545. The summed E-state index contributed by atoms with van der Waals surface area (Å²) < 4.78 is 23.2. The minimum Gasteiger partial charge on any atom is -0.496 e. The molecule has 2 amide bonds. The highest BCUT2D eigenvalue weighted by Crippen LogP contribution is 2.68. The van der Waals surface area contributed by atoms with Crippen LogP contribution in [0.1, 0.15) is 92.9 Å². The third-order valence-corrected chi connectivity index (χ3v) is 12.5. The number of benzene rings is 3. The number of likely N-dealkylation sites (tertiary alicyclic amines) is 1. The van der Waals surface area contributed by atoms with E-state index in [0.717, 1.165) is 78.7 Å². The molecular weight excluding hydrogens is 785 g/mol. The number of hydrogen-bond donors (Lipinski definition) is 0. The van der Waals surface area contributed by atoms with Crippen LogP contribution in [0.15, 0.2) is 54.6 Å². The minimum atomic E-state index is -0.822. The van der Waals surface area contributed by atoms with Gasteiger partial charge in [0.05, 0.1) is 55.5 Å². The van der Waals surface area contributed by atoms with E-state index in [0.29, 0.717) is 54.9 Å². The number of halogens is 2. The van der Waals surface area contributed by atoms with Crippen molar-refractivity contribution in [3.63, 3.8) is 0 Å². The Morgan fingerprint density at radius 1 is 0.948 bits per heavy atom. The number of carbonyl (C=O) groups excluding carboxylic acids is 2. The molecule has 1 heterocycles. The van der Waals surface area contributed by atoms with Gasteiger partial charge in [0.2, 0.25) is 5.91 Å². The third kappa shape index (κ3) is 9.54. The lowest BCUT2D eigenvalue weighted by molar-refractivity contribution is -0.757. The van der Waals surface area contributed by atoms with Crippen molar-refractivity contribution >= 4 is 35.2 Å². The van der Waals surface area contributed by atoms with Crippen LogP contribution in [0.4, 0.5) is 4.79 Å². The molecule has 0 radical (unpaired) electrons. The summed E-state index contributed by atoms with van der Waals surface area (Å²) in [7, 11) is 1.65. The molecule has 0 aromatic heterocycles. The van der Waals surface area contributed by atoms with Gasteiger partial charge >= 0.3 is 6.09 Å². The Bertz CT molecular complexity index is 1890. The van der Waals surface area contributed by atoms with Crippen LogP contribution in [0.25, 0.3) is 0 Å². The van der Waals surface area contributed by atoms with E-state index in [1.807, 2.05) is 60.0 Å². The van der Waals surface area contributed by atoms with E-state index in [1.54, 1.807) is 7.11 Å². The SMILES string of the molecule is CCCN(Cc1ccc(OC)c(C)c1)C(=O)C1C(c2ccc(OCCCCOc3c(Cl)cc(C)cc3Cl)cc2)CC23CCCC2N(C(=O)OCCCCO[N+](=O)[O-])C13. The summed E-state index contributed by atoms with van der Waals surface area (Å²) in [6.45, 7) is 8.06. The van der Waals surface area contributed by atoms with Gasteiger partial charge in [-0.15, -0.1) is 10.1 Å². The van der Waals surface area contributed by atoms with E-state index in [9.17, 15) is 14.9 Å². The molecule has 314 valence electrons. The van der Waals surface area contributed by atoms with Gasteiger partial charge in [0.1, 0.15) is 11.5 Å². The van der Waals surface area contributed by atoms with Crippen molar-refractivity contribution in [2.24, 2.45) is 11.3 Å². The lowest BCUT2D eigenvalue weighted by atomic mass is 9.66. The van der Waals surface area contributed by atoms with Crippen LogP contribution in [0.5, 0.6) is 17.2 Å². The molecule has 1 spiro atoms. The van der Waals surface area contributed by atoms with Gasteiger partial charge in [-0.05, 0) is 124 Å². The summed E-state index contributed by atoms with van der Waals surface area (Å²) >= 11 is 12.6. The van der Waals surface area contributed by atoms with Gasteiger partial charge in [-0.1, -0.05) is 60.8 Å². The van der Waals surface area contributed by atoms with Gasteiger partial charge in [0.25, 0.3) is 5.09 Å². The quantitative estimate of drug-likeness (QED) is 0.0620. The second-order valence-electron chi connectivity index (χ2n) is 15.8. The molecule has 0 bridgehead atoms. The predicted octanol–water partition coefficient (Wildman–Crippen LogP) is 9.75. The smallest absolute Gasteiger partial charge is 0.410 e. The Hall–Kier alpha value is -4.42. The van der Waals surface area contributed by atoms with Gasteiger partial charge in [0, 0.05) is 24.5 Å². The van der Waals surface area contributed by atoms with E-state index >= 15 is 4.79 Å². The summed E-state index contributed by atoms with van der Waals surface area (Å²) in [6.07, 6.45) is 6.30. The number of rotatable bonds is 20. The highest BCUT2D eigenvalue weighted by molar-refractivity contribution is 6.37. The van der Waals surface area contributed by atoms with Crippen LogP contribution in [0, 0.1) is 35.3 Å². The van der Waals surface area contributed by atoms with Crippen LogP contribution < -0.4 is 14.2 Å². The Balaban J connectivity index is 1.17. The van der Waals surface area contributed by atoms with Crippen molar-refractivity contribution in [2.75, 3.05) is 40.1 Å². The van der Waals surface area contributed by atoms with E-state index in [4.69, 9.17) is 42.1 Å². The van der Waals surface area contributed by atoms with Crippen molar-refractivity contribution in [2.45, 2.75) is 103 Å². The summed E-state index contributed by atoms with van der Waals surface area (Å²) in [5.41, 5.74) is 3.87. The molecule has 2 aliphatic carbocycles. The van der Waals surface area contributed by atoms with E-state index in [-0.39, 0.29) is 42.5 Å². The van der Waals surface area contributed by atoms with Crippen LogP contribution >= 0.6 is 23.2 Å². The number of nitrogens with zero attached hydrogens (tertiary/aromatic N) is 3. The highest BCUT2D eigenvalue weighted by Gasteiger charge is 2.73. The first-order valence-corrected chi connectivity index (χ1v) is 21.2. The molecule has 6 rings (SSSR count). The summed E-state index contributed by atoms with van der Waals surface area (Å²) in [6, 6.07) is 17.5. The molecule has 3 fully saturated rings. The molecule has 3 aromatic carbocycles. The lowest BCUT2D eigenvalue weighted by Gasteiger charge is -2.58. The Kier molecular flexibility index (Phi) is 14.6. The van der Waals surface area contributed by atoms with Gasteiger partial charge < -0.3 is 33.6 Å². The largest absolute Gasteiger partial charge is 0.496 e. The molecule has 12 nitrogen and oxygen atoms in total. The number of carbonyl (C=O) groups is 2. The molecular formula is C44H55Cl2N3O9. The van der Waals surface area contributed by atoms with Gasteiger partial charge in [0.15, 0.2) is 5.75 Å². The summed E-state index contributed by atoms with van der Waals surface area (Å²) in [4.78, 5) is 47.7. The van der Waals surface area contributed by atoms with Gasteiger partial charge in [-0.25, -0.2) is 4.79 Å². The number of ether oxygens (including phenoxy) is 4. The summed E-state index contributed by atoms with van der Waals surface area (Å²) in [5, 5.41) is 10.7. The first kappa shape index (κ1) is 43.2. The molecule has 3 aliphatic rings. The zero-order valence-electron chi connectivity index (χ0n) is 33.9. The van der Waals surface area contributed by atoms with Crippen molar-refractivity contribution in [1.29, 1.82) is 0 Å². The molecule has 5 unspecified atom stereocenters. The molecule has 1 aliphatic heterocycles. The fourth-order valence-electron chi connectivity index (χ4n) is 9.54. The van der Waals surface area contributed by atoms with Gasteiger partial charge in [-0.3, -0.25) is 4.79 Å².